The molecule has 0 spiro atoms. The number of nitrogens with zero attached hydrogens (tertiary/aromatic N) is 4. The van der Waals surface area contributed by atoms with Gasteiger partial charge in [0.25, 0.3) is 0 Å². The fourth-order valence-electron chi connectivity index (χ4n) is 4.30. The van der Waals surface area contributed by atoms with E-state index in [0.717, 1.165) is 23.3 Å². The minimum Gasteiger partial charge on any atom is -0.390 e. The first-order valence-corrected chi connectivity index (χ1v) is 11.0. The highest BCUT2D eigenvalue weighted by atomic mass is 19.4. The Morgan fingerprint density at radius 3 is 2.63 bits per heavy atom. The van der Waals surface area contributed by atoms with Gasteiger partial charge in [0.05, 0.1) is 30.5 Å². The van der Waals surface area contributed by atoms with Gasteiger partial charge in [-0.3, -0.25) is 5.73 Å². The lowest BCUT2D eigenvalue weighted by Crippen LogP contribution is -2.30. The Hall–Kier alpha value is -3.77. The average molecular weight is 487 g/mol. The van der Waals surface area contributed by atoms with E-state index < -0.39 is 24.2 Å². The van der Waals surface area contributed by atoms with Crippen molar-refractivity contribution in [3.05, 3.63) is 64.3 Å². The van der Waals surface area contributed by atoms with E-state index in [1.165, 1.54) is 10.7 Å². The molecule has 9 nitrogen and oxygen atoms in total. The zero-order valence-corrected chi connectivity index (χ0v) is 18.4. The van der Waals surface area contributed by atoms with Crippen LogP contribution >= 0.6 is 0 Å². The maximum atomic E-state index is 13.6. The second-order valence-electron chi connectivity index (χ2n) is 8.27. The Morgan fingerprint density at radius 2 is 1.97 bits per heavy atom. The predicted molar refractivity (Wildman–Crippen MR) is 119 cm³/mol. The van der Waals surface area contributed by atoms with Gasteiger partial charge in [-0.1, -0.05) is 30.3 Å². The molecular formula is C23H22F3N6O3+. The molecular weight excluding hydrogens is 465 g/mol. The zero-order chi connectivity index (χ0) is 24.7. The second-order valence-corrected chi connectivity index (χ2v) is 8.27. The number of hydrogen-bond donors (Lipinski definition) is 2. The van der Waals surface area contributed by atoms with Crippen molar-refractivity contribution in [2.45, 2.75) is 38.3 Å². The third-order valence-corrected chi connectivity index (χ3v) is 5.89. The summed E-state index contributed by atoms with van der Waals surface area (Å²) < 4.78 is 48.9. The molecule has 0 saturated carbocycles. The van der Waals surface area contributed by atoms with Crippen molar-refractivity contribution in [3.8, 4) is 22.4 Å². The Labute approximate surface area is 196 Å². The molecule has 12 heteroatoms. The van der Waals surface area contributed by atoms with Gasteiger partial charge < -0.3 is 9.84 Å². The largest absolute Gasteiger partial charge is 0.433 e. The lowest BCUT2D eigenvalue weighted by atomic mass is 9.99. The maximum absolute atomic E-state index is 13.6. The number of nitrogens with two attached hydrogens (primary N) is 1. The Morgan fingerprint density at radius 1 is 1.20 bits per heavy atom. The van der Waals surface area contributed by atoms with Crippen molar-refractivity contribution in [1.29, 1.82) is 0 Å². The fraction of sp³-hybridized carbons (Fsp3) is 0.304. The van der Waals surface area contributed by atoms with Crippen molar-refractivity contribution in [3.63, 3.8) is 0 Å². The van der Waals surface area contributed by atoms with Gasteiger partial charge in [-0.25, -0.2) is 14.8 Å². The number of H-pyrrole nitrogens is 1. The summed E-state index contributed by atoms with van der Waals surface area (Å²) in [4.78, 5) is 19.7. The molecule has 1 aliphatic rings. The molecule has 5 rings (SSSR count). The third-order valence-electron chi connectivity index (χ3n) is 5.89. The standard InChI is InChI=1S/C23H21F3N6O3/c24-23(25,26)17-10-14(9-15(12-33)28-17)18-19(13-5-2-1-3-6-13)29-21(27)32-20(18)30-31(22(32)34)11-16-7-4-8-35-16/h1-3,5-6,9-10,16,33H,4,7-8,11-12H2,(H2,27,29)/p+1/t16-/m1/s1. The van der Waals surface area contributed by atoms with E-state index in [2.05, 4.69) is 15.1 Å². The van der Waals surface area contributed by atoms with Crippen LogP contribution in [-0.4, -0.2) is 37.0 Å². The molecule has 4 heterocycles. The Balaban J connectivity index is 1.82. The second kappa shape index (κ2) is 8.78. The molecule has 3 aromatic heterocycles. The summed E-state index contributed by atoms with van der Waals surface area (Å²) in [7, 11) is 0. The van der Waals surface area contributed by atoms with E-state index in [1.54, 1.807) is 30.3 Å². The first-order chi connectivity index (χ1) is 16.8. The van der Waals surface area contributed by atoms with Crippen LogP contribution in [0.4, 0.5) is 19.1 Å². The number of aliphatic hydroxyl groups excluding tert-OH is 1. The summed E-state index contributed by atoms with van der Waals surface area (Å²) >= 11 is 0. The monoisotopic (exact) mass is 487 g/mol. The molecule has 4 aromatic rings. The highest BCUT2D eigenvalue weighted by Crippen LogP contribution is 2.36. The summed E-state index contributed by atoms with van der Waals surface area (Å²) in [5.74, 6) is -0.0290. The van der Waals surface area contributed by atoms with E-state index in [0.29, 0.717) is 17.9 Å². The van der Waals surface area contributed by atoms with Crippen LogP contribution in [0.3, 0.4) is 0 Å². The van der Waals surface area contributed by atoms with Gasteiger partial charge in [0, 0.05) is 12.2 Å². The fourth-order valence-corrected chi connectivity index (χ4v) is 4.30. The number of alkyl halides is 3. The number of nitrogen functional groups attached to an aromatic ring is 1. The molecule has 1 aliphatic heterocycles. The van der Waals surface area contributed by atoms with Gasteiger partial charge in [0.1, 0.15) is 11.4 Å². The van der Waals surface area contributed by atoms with E-state index in [4.69, 9.17) is 10.5 Å². The molecule has 0 amide bonds. The van der Waals surface area contributed by atoms with Crippen molar-refractivity contribution < 1.29 is 28.0 Å². The van der Waals surface area contributed by atoms with Gasteiger partial charge in [-0.15, -0.1) is 9.50 Å². The van der Waals surface area contributed by atoms with Crippen LogP contribution in [0.15, 0.2) is 47.3 Å². The number of rotatable bonds is 5. The van der Waals surface area contributed by atoms with Crippen LogP contribution in [0.1, 0.15) is 24.2 Å². The van der Waals surface area contributed by atoms with E-state index in [1.807, 2.05) is 0 Å². The number of nitrogens with one attached hydrogen (secondary N) is 1. The van der Waals surface area contributed by atoms with Crippen LogP contribution in [0.25, 0.3) is 28.0 Å². The highest BCUT2D eigenvalue weighted by Gasteiger charge is 2.35. The minimum atomic E-state index is -4.75. The number of fused-ring (bicyclic) bond motifs is 1. The molecule has 182 valence electrons. The first kappa shape index (κ1) is 23.0. The van der Waals surface area contributed by atoms with E-state index in [-0.39, 0.29) is 41.1 Å². The molecule has 1 saturated heterocycles. The first-order valence-electron chi connectivity index (χ1n) is 11.0. The molecule has 0 aliphatic carbocycles. The number of benzene rings is 1. The Bertz CT molecular complexity index is 1440. The normalized spacial score (nSPS) is 16.3. The number of aliphatic hydroxyl groups is 1. The molecule has 1 atom stereocenters. The number of aromatic nitrogens is 5. The average Bonchev–Trinajstić information content (AvgIpc) is 3.47. The molecule has 0 bridgehead atoms. The third kappa shape index (κ3) is 4.26. The van der Waals surface area contributed by atoms with Crippen molar-refractivity contribution in [2.24, 2.45) is 0 Å². The topological polar surface area (TPSA) is 122 Å². The van der Waals surface area contributed by atoms with Crippen LogP contribution < -0.4 is 16.4 Å². The molecule has 0 unspecified atom stereocenters. The van der Waals surface area contributed by atoms with Crippen molar-refractivity contribution in [2.75, 3.05) is 12.3 Å². The van der Waals surface area contributed by atoms with Gasteiger partial charge in [-0.2, -0.15) is 17.9 Å². The lowest BCUT2D eigenvalue weighted by Gasteiger charge is -2.13. The molecule has 4 N–H and O–H groups in total. The van der Waals surface area contributed by atoms with Crippen LogP contribution in [0.2, 0.25) is 0 Å². The van der Waals surface area contributed by atoms with Gasteiger partial charge >= 0.3 is 17.8 Å². The molecule has 1 fully saturated rings. The number of aromatic amines is 1. The quantitative estimate of drug-likeness (QED) is 0.446. The smallest absolute Gasteiger partial charge is 0.390 e. The number of ether oxygens (including phenoxy) is 1. The predicted octanol–water partition coefficient (Wildman–Crippen LogP) is 2.31. The van der Waals surface area contributed by atoms with Gasteiger partial charge in [-0.05, 0) is 30.5 Å². The summed E-state index contributed by atoms with van der Waals surface area (Å²) in [5.41, 5.74) is 5.67. The summed E-state index contributed by atoms with van der Waals surface area (Å²) in [5, 5.41) is 14.1. The summed E-state index contributed by atoms with van der Waals surface area (Å²) in [6.45, 7) is 0.0756. The molecule has 1 aromatic carbocycles. The van der Waals surface area contributed by atoms with E-state index >= 15 is 0 Å². The van der Waals surface area contributed by atoms with Gasteiger partial charge in [0.15, 0.2) is 0 Å². The maximum Gasteiger partial charge on any atom is 0.433 e. The van der Waals surface area contributed by atoms with Gasteiger partial charge in [0.2, 0.25) is 5.65 Å². The summed E-state index contributed by atoms with van der Waals surface area (Å²) in [6, 6.07) is 11.0. The van der Waals surface area contributed by atoms with Crippen LogP contribution in [0.5, 0.6) is 0 Å². The molecule has 0 radical (unpaired) electrons. The van der Waals surface area contributed by atoms with Crippen LogP contribution in [0, 0.1) is 0 Å². The van der Waals surface area contributed by atoms with E-state index in [9.17, 15) is 23.1 Å². The molecule has 35 heavy (non-hydrogen) atoms. The SMILES string of the molecule is Nc1[nH+]c(-c2ccccc2)c(-c2cc(CO)nc(C(F)(F)F)c2)c2nn(C[C@H]3CCCO3)c(=O)n12. The Kier molecular flexibility index (Phi) is 5.77. The number of hydrogen-bond acceptors (Lipinski definition) is 6. The van der Waals surface area contributed by atoms with Crippen molar-refractivity contribution >= 4 is 11.6 Å². The lowest BCUT2D eigenvalue weighted by molar-refractivity contribution is -0.351. The summed E-state index contributed by atoms with van der Waals surface area (Å²) in [6.07, 6.45) is -3.31. The van der Waals surface area contributed by atoms with Crippen LogP contribution in [-0.2, 0) is 24.1 Å². The number of anilines is 1. The van der Waals surface area contributed by atoms with Crippen molar-refractivity contribution in [1.82, 2.24) is 19.2 Å². The number of pyridine rings is 1. The highest BCUT2D eigenvalue weighted by molar-refractivity contribution is 5.88. The minimum absolute atomic E-state index is 0.0290. The zero-order valence-electron chi connectivity index (χ0n) is 18.4. The number of halogens is 3.